The van der Waals surface area contributed by atoms with Crippen molar-refractivity contribution in [3.8, 4) is 22.8 Å². The lowest BCUT2D eigenvalue weighted by Gasteiger charge is -2.11. The van der Waals surface area contributed by atoms with E-state index in [4.69, 9.17) is 20.8 Å². The van der Waals surface area contributed by atoms with Crippen molar-refractivity contribution in [3.05, 3.63) is 86.8 Å². The monoisotopic (exact) mass is 433 g/mol. The number of nitrogens with zero attached hydrogens (tertiary/aromatic N) is 3. The van der Waals surface area contributed by atoms with Crippen molar-refractivity contribution >= 4 is 33.5 Å². The van der Waals surface area contributed by atoms with E-state index in [1.54, 1.807) is 56.8 Å². The normalized spacial score (nSPS) is 11.3. The number of ether oxygens (including phenoxy) is 1. The summed E-state index contributed by atoms with van der Waals surface area (Å²) in [6.07, 6.45) is 3.14. The number of aryl methyl sites for hydroxylation is 1. The van der Waals surface area contributed by atoms with Crippen LogP contribution in [0.4, 0.5) is 0 Å². The van der Waals surface area contributed by atoms with E-state index in [0.29, 0.717) is 38.7 Å². The molecule has 0 bridgehead atoms. The van der Waals surface area contributed by atoms with Gasteiger partial charge in [-0.3, -0.25) is 14.3 Å². The lowest BCUT2D eigenvalue weighted by Crippen LogP contribution is -2.37. The van der Waals surface area contributed by atoms with Crippen molar-refractivity contribution in [2.45, 2.75) is 0 Å². The number of aromatic nitrogens is 3. The van der Waals surface area contributed by atoms with Crippen LogP contribution in [0.5, 0.6) is 5.75 Å². The van der Waals surface area contributed by atoms with Crippen LogP contribution in [-0.4, -0.2) is 21.2 Å². The maximum atomic E-state index is 13.4. The number of methoxy groups -OCH3 is 1. The minimum absolute atomic E-state index is 0.0527. The van der Waals surface area contributed by atoms with Gasteiger partial charge in [0.25, 0.3) is 0 Å². The third-order valence-electron chi connectivity index (χ3n) is 5.28. The molecule has 8 heteroatoms. The van der Waals surface area contributed by atoms with Crippen molar-refractivity contribution in [2.75, 3.05) is 7.11 Å². The molecule has 0 N–H and O–H groups in total. The molecule has 0 aliphatic rings. The van der Waals surface area contributed by atoms with Gasteiger partial charge in [0.15, 0.2) is 0 Å². The minimum atomic E-state index is -0.575. The molecule has 7 nitrogen and oxygen atoms in total. The molecule has 31 heavy (non-hydrogen) atoms. The van der Waals surface area contributed by atoms with Gasteiger partial charge in [-0.2, -0.15) is 0 Å². The average molecular weight is 434 g/mol. The molecule has 0 amide bonds. The molecule has 0 aliphatic carbocycles. The van der Waals surface area contributed by atoms with E-state index in [-0.39, 0.29) is 5.58 Å². The molecule has 0 atom stereocenters. The quantitative estimate of drug-likeness (QED) is 0.427. The summed E-state index contributed by atoms with van der Waals surface area (Å²) in [5, 5.41) is 1.91. The first-order valence-corrected chi connectivity index (χ1v) is 9.80. The number of benzene rings is 2. The summed E-state index contributed by atoms with van der Waals surface area (Å²) < 4.78 is 13.6. The van der Waals surface area contributed by atoms with Crippen molar-refractivity contribution < 1.29 is 9.15 Å². The molecule has 5 rings (SSSR count). The van der Waals surface area contributed by atoms with Gasteiger partial charge in [0.2, 0.25) is 5.58 Å². The zero-order valence-electron chi connectivity index (χ0n) is 16.6. The van der Waals surface area contributed by atoms with Crippen LogP contribution in [-0.2, 0) is 7.05 Å². The summed E-state index contributed by atoms with van der Waals surface area (Å²) in [5.41, 5.74) is 0.327. The molecule has 0 radical (unpaired) electrons. The van der Waals surface area contributed by atoms with Crippen LogP contribution in [0.2, 0.25) is 5.02 Å². The predicted octanol–water partition coefficient (Wildman–Crippen LogP) is 4.16. The lowest BCUT2D eigenvalue weighted by molar-refractivity contribution is 0.415. The molecule has 0 unspecified atom stereocenters. The summed E-state index contributed by atoms with van der Waals surface area (Å²) in [6.45, 7) is 0. The fourth-order valence-corrected chi connectivity index (χ4v) is 3.89. The van der Waals surface area contributed by atoms with Crippen LogP contribution in [0, 0.1) is 0 Å². The first-order valence-electron chi connectivity index (χ1n) is 9.42. The summed E-state index contributed by atoms with van der Waals surface area (Å²) in [5.74, 6) is 1.01. The number of fused-ring (bicyclic) bond motifs is 2. The summed E-state index contributed by atoms with van der Waals surface area (Å²) in [4.78, 5) is 30.8. The molecular weight excluding hydrogens is 418 g/mol. The third kappa shape index (κ3) is 2.93. The van der Waals surface area contributed by atoms with Gasteiger partial charge in [0.05, 0.1) is 29.5 Å². The zero-order valence-corrected chi connectivity index (χ0v) is 17.4. The Balaban J connectivity index is 1.84. The van der Waals surface area contributed by atoms with Crippen LogP contribution in [0.3, 0.4) is 0 Å². The van der Waals surface area contributed by atoms with E-state index in [2.05, 4.69) is 4.98 Å². The number of hydrogen-bond acceptors (Lipinski definition) is 5. The van der Waals surface area contributed by atoms with Crippen LogP contribution >= 0.6 is 11.6 Å². The highest BCUT2D eigenvalue weighted by Gasteiger charge is 2.20. The van der Waals surface area contributed by atoms with Crippen molar-refractivity contribution in [2.24, 2.45) is 7.05 Å². The maximum absolute atomic E-state index is 13.4. The fourth-order valence-electron chi connectivity index (χ4n) is 3.66. The topological polar surface area (TPSA) is 79.3 Å². The van der Waals surface area contributed by atoms with Crippen molar-refractivity contribution in [1.82, 2.24) is 14.1 Å². The van der Waals surface area contributed by atoms with Crippen LogP contribution in [0.1, 0.15) is 0 Å². The molecule has 2 aromatic carbocycles. The van der Waals surface area contributed by atoms with Gasteiger partial charge in [-0.25, -0.2) is 9.36 Å². The highest BCUT2D eigenvalue weighted by Crippen LogP contribution is 2.31. The van der Waals surface area contributed by atoms with Gasteiger partial charge in [-0.15, -0.1) is 0 Å². The fraction of sp³-hybridized carbons (Fsp3) is 0.0870. The Kier molecular flexibility index (Phi) is 4.41. The highest BCUT2D eigenvalue weighted by molar-refractivity contribution is 6.33. The zero-order chi connectivity index (χ0) is 21.7. The standard InChI is InChI=1S/C23H16ClN3O4/c1-26-18-10-20(15-5-3-4-6-17(15)24)31-21(18)22(28)27(23(26)29)19-12-25-11-13-7-8-14(30-2)9-16(13)19/h3-12H,1-2H3. The molecule has 0 saturated carbocycles. The van der Waals surface area contributed by atoms with E-state index in [9.17, 15) is 9.59 Å². The molecular formula is C23H16ClN3O4. The SMILES string of the molecule is COc1ccc2cncc(-n3c(=O)c4oc(-c5ccccc5Cl)cc4n(C)c3=O)c2c1. The third-order valence-corrected chi connectivity index (χ3v) is 5.61. The first kappa shape index (κ1) is 19.1. The Morgan fingerprint density at radius 3 is 2.65 bits per heavy atom. The van der Waals surface area contributed by atoms with Gasteiger partial charge in [-0.05, 0) is 30.3 Å². The second-order valence-electron chi connectivity index (χ2n) is 7.03. The molecule has 0 fully saturated rings. The smallest absolute Gasteiger partial charge is 0.336 e. The summed E-state index contributed by atoms with van der Waals surface area (Å²) in [6, 6.07) is 14.2. The van der Waals surface area contributed by atoms with E-state index in [1.165, 1.54) is 10.8 Å². The average Bonchev–Trinajstić information content (AvgIpc) is 3.23. The van der Waals surface area contributed by atoms with Gasteiger partial charge in [-0.1, -0.05) is 23.7 Å². The van der Waals surface area contributed by atoms with E-state index in [1.807, 2.05) is 12.1 Å². The number of halogens is 1. The molecule has 0 spiro atoms. The van der Waals surface area contributed by atoms with Gasteiger partial charge >= 0.3 is 11.2 Å². The number of rotatable bonds is 3. The van der Waals surface area contributed by atoms with E-state index in [0.717, 1.165) is 9.95 Å². The van der Waals surface area contributed by atoms with Crippen molar-refractivity contribution in [3.63, 3.8) is 0 Å². The van der Waals surface area contributed by atoms with Crippen LogP contribution in [0.25, 0.3) is 38.9 Å². The molecule has 0 saturated heterocycles. The minimum Gasteiger partial charge on any atom is -0.497 e. The van der Waals surface area contributed by atoms with Gasteiger partial charge in [0, 0.05) is 35.6 Å². The molecule has 3 heterocycles. The molecule has 5 aromatic rings. The van der Waals surface area contributed by atoms with Crippen molar-refractivity contribution in [1.29, 1.82) is 0 Å². The van der Waals surface area contributed by atoms with Gasteiger partial charge < -0.3 is 9.15 Å². The van der Waals surface area contributed by atoms with Crippen LogP contribution < -0.4 is 16.0 Å². The second-order valence-corrected chi connectivity index (χ2v) is 7.44. The largest absolute Gasteiger partial charge is 0.497 e. The Labute approximate surface area is 180 Å². The molecule has 154 valence electrons. The second kappa shape index (κ2) is 7.14. The van der Waals surface area contributed by atoms with Crippen LogP contribution in [0.15, 0.2) is 74.9 Å². The van der Waals surface area contributed by atoms with E-state index >= 15 is 0 Å². The van der Waals surface area contributed by atoms with Gasteiger partial charge in [0.1, 0.15) is 11.5 Å². The Bertz CT molecular complexity index is 1600. The predicted molar refractivity (Wildman–Crippen MR) is 119 cm³/mol. The Morgan fingerprint density at radius 2 is 1.87 bits per heavy atom. The first-order chi connectivity index (χ1) is 15.0. The lowest BCUT2D eigenvalue weighted by atomic mass is 10.1. The highest BCUT2D eigenvalue weighted by atomic mass is 35.5. The summed E-state index contributed by atoms with van der Waals surface area (Å²) in [7, 11) is 3.14. The Hall–Kier alpha value is -3.84. The Morgan fingerprint density at radius 1 is 1.06 bits per heavy atom. The summed E-state index contributed by atoms with van der Waals surface area (Å²) >= 11 is 6.29. The molecule has 0 aliphatic heterocycles. The number of hydrogen-bond donors (Lipinski definition) is 0. The molecule has 3 aromatic heterocycles. The number of furan rings is 1. The number of pyridine rings is 1. The maximum Gasteiger partial charge on any atom is 0.336 e. The van der Waals surface area contributed by atoms with E-state index < -0.39 is 11.2 Å².